The summed E-state index contributed by atoms with van der Waals surface area (Å²) in [4.78, 5) is 27.4. The summed E-state index contributed by atoms with van der Waals surface area (Å²) in [5, 5.41) is 2.96. The van der Waals surface area contributed by atoms with Crippen LogP contribution in [-0.2, 0) is 4.79 Å². The molecule has 8 nitrogen and oxygen atoms in total. The van der Waals surface area contributed by atoms with Crippen molar-refractivity contribution in [3.05, 3.63) is 41.9 Å². The number of amides is 2. The summed E-state index contributed by atoms with van der Waals surface area (Å²) in [6.45, 7) is 3.26. The van der Waals surface area contributed by atoms with Crippen molar-refractivity contribution < 1.29 is 28.2 Å². The number of carbonyl (C=O) groups is 2. The van der Waals surface area contributed by atoms with Crippen LogP contribution in [0.25, 0.3) is 0 Å². The summed E-state index contributed by atoms with van der Waals surface area (Å²) < 4.78 is 21.6. The number of likely N-dealkylation sites (tertiary alicyclic amines) is 1. The molecule has 1 fully saturated rings. The first-order valence-corrected chi connectivity index (χ1v) is 9.94. The molecular weight excluding hydrogens is 388 g/mol. The maximum Gasteiger partial charge on any atom is 0.289 e. The smallest absolute Gasteiger partial charge is 0.289 e. The molecule has 0 spiro atoms. The minimum Gasteiger partial charge on any atom is -0.493 e. The van der Waals surface area contributed by atoms with Gasteiger partial charge in [0.1, 0.15) is 0 Å². The van der Waals surface area contributed by atoms with Gasteiger partial charge in [-0.1, -0.05) is 6.92 Å². The van der Waals surface area contributed by atoms with E-state index in [2.05, 4.69) is 5.32 Å². The summed E-state index contributed by atoms with van der Waals surface area (Å²) in [5.41, 5.74) is 0.843. The molecule has 2 atom stereocenters. The molecule has 1 aliphatic rings. The molecule has 0 bridgehead atoms. The van der Waals surface area contributed by atoms with Crippen molar-refractivity contribution in [3.63, 3.8) is 0 Å². The molecule has 1 aromatic heterocycles. The molecule has 162 valence electrons. The van der Waals surface area contributed by atoms with Crippen LogP contribution in [0.5, 0.6) is 17.2 Å². The first-order valence-electron chi connectivity index (χ1n) is 9.94. The summed E-state index contributed by atoms with van der Waals surface area (Å²) in [6.07, 6.45) is 2.30. The quantitative estimate of drug-likeness (QED) is 0.712. The van der Waals surface area contributed by atoms with Crippen LogP contribution in [0.15, 0.2) is 34.9 Å². The second kappa shape index (κ2) is 9.56. The summed E-state index contributed by atoms with van der Waals surface area (Å²) >= 11 is 0. The molecule has 2 aromatic rings. The van der Waals surface area contributed by atoms with E-state index in [-0.39, 0.29) is 23.5 Å². The number of hydrogen-bond donors (Lipinski definition) is 1. The molecule has 2 heterocycles. The average molecular weight is 416 g/mol. The molecule has 2 unspecified atom stereocenters. The van der Waals surface area contributed by atoms with Crippen molar-refractivity contribution >= 4 is 11.8 Å². The Morgan fingerprint density at radius 1 is 1.13 bits per heavy atom. The number of nitrogens with one attached hydrogen (secondary N) is 1. The molecule has 8 heteroatoms. The third kappa shape index (κ3) is 4.22. The van der Waals surface area contributed by atoms with Gasteiger partial charge in [0, 0.05) is 25.6 Å². The van der Waals surface area contributed by atoms with E-state index in [1.165, 1.54) is 6.26 Å². The Morgan fingerprint density at radius 2 is 1.83 bits per heavy atom. The average Bonchev–Trinajstić information content (AvgIpc) is 3.46. The van der Waals surface area contributed by atoms with Crippen LogP contribution < -0.4 is 19.5 Å². The van der Waals surface area contributed by atoms with Gasteiger partial charge in [0.2, 0.25) is 11.7 Å². The minimum atomic E-state index is -0.404. The summed E-state index contributed by atoms with van der Waals surface area (Å²) in [7, 11) is 4.64. The first-order chi connectivity index (χ1) is 14.5. The maximum absolute atomic E-state index is 12.9. The molecule has 0 saturated carbocycles. The number of hydrogen-bond acceptors (Lipinski definition) is 6. The standard InChI is InChI=1S/C22H28N2O6/c1-5-8-23-21(25)16-13-24(22(26)17-7-6-9-30-17)12-15(16)14-10-18(27-2)20(29-4)19(11-14)28-3/h6-7,9-11,15-16H,5,8,12-13H2,1-4H3,(H,23,25). The predicted molar refractivity (Wildman–Crippen MR) is 110 cm³/mol. The highest BCUT2D eigenvalue weighted by Crippen LogP contribution is 2.43. The van der Waals surface area contributed by atoms with E-state index in [0.717, 1.165) is 12.0 Å². The van der Waals surface area contributed by atoms with Crippen LogP contribution in [0, 0.1) is 5.92 Å². The van der Waals surface area contributed by atoms with Crippen LogP contribution in [-0.4, -0.2) is 57.7 Å². The number of benzene rings is 1. The highest BCUT2D eigenvalue weighted by Gasteiger charge is 2.41. The van der Waals surface area contributed by atoms with Gasteiger partial charge in [-0.3, -0.25) is 9.59 Å². The Morgan fingerprint density at radius 3 is 2.37 bits per heavy atom. The molecule has 0 aliphatic carbocycles. The maximum atomic E-state index is 12.9. The van der Waals surface area contributed by atoms with E-state index in [0.29, 0.717) is 36.9 Å². The zero-order valence-electron chi connectivity index (χ0n) is 17.8. The largest absolute Gasteiger partial charge is 0.493 e. The molecule has 3 rings (SSSR count). The van der Waals surface area contributed by atoms with E-state index < -0.39 is 5.92 Å². The fraction of sp³-hybridized carbons (Fsp3) is 0.455. The SMILES string of the molecule is CCCNC(=O)C1CN(C(=O)c2ccco2)CC1c1cc(OC)c(OC)c(OC)c1. The number of methoxy groups -OCH3 is 3. The van der Waals surface area contributed by atoms with Gasteiger partial charge >= 0.3 is 0 Å². The number of rotatable bonds is 8. The Kier molecular flexibility index (Phi) is 6.87. The van der Waals surface area contributed by atoms with Gasteiger partial charge in [-0.25, -0.2) is 0 Å². The molecular formula is C22H28N2O6. The van der Waals surface area contributed by atoms with Crippen molar-refractivity contribution in [1.82, 2.24) is 10.2 Å². The lowest BCUT2D eigenvalue weighted by atomic mass is 9.88. The van der Waals surface area contributed by atoms with Crippen molar-refractivity contribution in [2.75, 3.05) is 41.0 Å². The minimum absolute atomic E-state index is 0.0784. The second-order valence-corrected chi connectivity index (χ2v) is 7.15. The zero-order valence-corrected chi connectivity index (χ0v) is 17.8. The van der Waals surface area contributed by atoms with Crippen LogP contribution in [0.3, 0.4) is 0 Å². The highest BCUT2D eigenvalue weighted by atomic mass is 16.5. The highest BCUT2D eigenvalue weighted by molar-refractivity contribution is 5.92. The molecule has 1 aliphatic heterocycles. The summed E-state index contributed by atoms with van der Waals surface area (Å²) in [6, 6.07) is 6.98. The fourth-order valence-electron chi connectivity index (χ4n) is 3.82. The number of carbonyl (C=O) groups excluding carboxylic acids is 2. The second-order valence-electron chi connectivity index (χ2n) is 7.15. The molecule has 1 aromatic carbocycles. The number of ether oxygens (including phenoxy) is 3. The number of nitrogens with zero attached hydrogens (tertiary/aromatic N) is 1. The Hall–Kier alpha value is -3.16. The van der Waals surface area contributed by atoms with E-state index in [9.17, 15) is 9.59 Å². The molecule has 1 N–H and O–H groups in total. The van der Waals surface area contributed by atoms with Gasteiger partial charge in [0.05, 0.1) is 33.5 Å². The van der Waals surface area contributed by atoms with Crippen LogP contribution >= 0.6 is 0 Å². The van der Waals surface area contributed by atoms with Crippen LogP contribution in [0.4, 0.5) is 0 Å². The van der Waals surface area contributed by atoms with Gasteiger partial charge in [-0.2, -0.15) is 0 Å². The normalized spacial score (nSPS) is 18.2. The van der Waals surface area contributed by atoms with Crippen molar-refractivity contribution in [1.29, 1.82) is 0 Å². The van der Waals surface area contributed by atoms with Crippen molar-refractivity contribution in [3.8, 4) is 17.2 Å². The van der Waals surface area contributed by atoms with Crippen LogP contribution in [0.1, 0.15) is 35.4 Å². The molecule has 0 radical (unpaired) electrons. The topological polar surface area (TPSA) is 90.2 Å². The molecule has 30 heavy (non-hydrogen) atoms. The lowest BCUT2D eigenvalue weighted by molar-refractivity contribution is -0.124. The van der Waals surface area contributed by atoms with Crippen LogP contribution in [0.2, 0.25) is 0 Å². The van der Waals surface area contributed by atoms with E-state index in [4.69, 9.17) is 18.6 Å². The summed E-state index contributed by atoms with van der Waals surface area (Å²) in [5.74, 6) is 0.817. The van der Waals surface area contributed by atoms with Gasteiger partial charge in [-0.15, -0.1) is 0 Å². The molecule has 1 saturated heterocycles. The Bertz CT molecular complexity index is 855. The number of furan rings is 1. The van der Waals surface area contributed by atoms with Crippen molar-refractivity contribution in [2.24, 2.45) is 5.92 Å². The monoisotopic (exact) mass is 416 g/mol. The van der Waals surface area contributed by atoms with Gasteiger partial charge < -0.3 is 28.8 Å². The van der Waals surface area contributed by atoms with Gasteiger partial charge in [-0.05, 0) is 36.2 Å². The predicted octanol–water partition coefficient (Wildman–Crippen LogP) is 2.69. The molecule has 2 amide bonds. The lowest BCUT2D eigenvalue weighted by Gasteiger charge is -2.21. The fourth-order valence-corrected chi connectivity index (χ4v) is 3.82. The van der Waals surface area contributed by atoms with Gasteiger partial charge in [0.25, 0.3) is 5.91 Å². The Labute approximate surface area is 176 Å². The third-order valence-electron chi connectivity index (χ3n) is 5.34. The van der Waals surface area contributed by atoms with E-state index >= 15 is 0 Å². The van der Waals surface area contributed by atoms with E-state index in [1.807, 2.05) is 19.1 Å². The van der Waals surface area contributed by atoms with Crippen molar-refractivity contribution in [2.45, 2.75) is 19.3 Å². The van der Waals surface area contributed by atoms with E-state index in [1.54, 1.807) is 38.4 Å². The van der Waals surface area contributed by atoms with Gasteiger partial charge in [0.15, 0.2) is 17.3 Å². The zero-order chi connectivity index (χ0) is 21.7. The third-order valence-corrected chi connectivity index (χ3v) is 5.34. The first kappa shape index (κ1) is 21.5. The Balaban J connectivity index is 1.96. The lowest BCUT2D eigenvalue weighted by Crippen LogP contribution is -2.35.